The van der Waals surface area contributed by atoms with E-state index in [9.17, 15) is 19.5 Å². The number of nitrogens with zero attached hydrogens (tertiary/aromatic N) is 2. The van der Waals surface area contributed by atoms with Crippen LogP contribution in [0.3, 0.4) is 0 Å². The van der Waals surface area contributed by atoms with Crippen molar-refractivity contribution in [2.45, 2.75) is 64.3 Å². The SMILES string of the molecule is CCc1cc(C(=O)Nc2ccc(C3CCC(C(=O)NC(C)(C)C(=O)O)CC3)cc2)n(C)n1. The van der Waals surface area contributed by atoms with E-state index in [1.807, 2.05) is 31.2 Å². The Balaban J connectivity index is 1.55. The van der Waals surface area contributed by atoms with E-state index in [1.165, 1.54) is 19.4 Å². The molecule has 172 valence electrons. The van der Waals surface area contributed by atoms with Crippen LogP contribution < -0.4 is 10.6 Å². The van der Waals surface area contributed by atoms with Gasteiger partial charge in [0.1, 0.15) is 11.2 Å². The van der Waals surface area contributed by atoms with E-state index >= 15 is 0 Å². The van der Waals surface area contributed by atoms with Crippen molar-refractivity contribution in [1.82, 2.24) is 15.1 Å². The van der Waals surface area contributed by atoms with Crippen molar-refractivity contribution in [3.63, 3.8) is 0 Å². The molecule has 0 radical (unpaired) electrons. The second-order valence-electron chi connectivity index (χ2n) is 9.04. The first-order valence-corrected chi connectivity index (χ1v) is 11.1. The monoisotopic (exact) mass is 440 g/mol. The third kappa shape index (κ3) is 5.36. The number of aromatic nitrogens is 2. The summed E-state index contributed by atoms with van der Waals surface area (Å²) in [6.07, 6.45) is 3.96. The van der Waals surface area contributed by atoms with Crippen LogP contribution in [0.25, 0.3) is 0 Å². The van der Waals surface area contributed by atoms with Crippen LogP contribution in [-0.2, 0) is 23.1 Å². The molecule has 3 N–H and O–H groups in total. The molecule has 2 amide bonds. The van der Waals surface area contributed by atoms with Crippen molar-refractivity contribution in [3.05, 3.63) is 47.3 Å². The highest BCUT2D eigenvalue weighted by molar-refractivity contribution is 6.03. The first-order valence-electron chi connectivity index (χ1n) is 11.1. The second-order valence-corrected chi connectivity index (χ2v) is 9.04. The third-order valence-corrected chi connectivity index (χ3v) is 6.23. The summed E-state index contributed by atoms with van der Waals surface area (Å²) < 4.78 is 1.59. The highest BCUT2D eigenvalue weighted by atomic mass is 16.4. The van der Waals surface area contributed by atoms with Gasteiger partial charge < -0.3 is 15.7 Å². The number of nitrogens with one attached hydrogen (secondary N) is 2. The Kier molecular flexibility index (Phi) is 7.01. The van der Waals surface area contributed by atoms with Gasteiger partial charge in [-0.2, -0.15) is 5.10 Å². The van der Waals surface area contributed by atoms with Crippen molar-refractivity contribution < 1.29 is 19.5 Å². The van der Waals surface area contributed by atoms with Gasteiger partial charge in [0.25, 0.3) is 5.91 Å². The molecule has 0 unspecified atom stereocenters. The van der Waals surface area contributed by atoms with Gasteiger partial charge in [-0.1, -0.05) is 19.1 Å². The number of rotatable bonds is 7. The lowest BCUT2D eigenvalue weighted by atomic mass is 9.78. The van der Waals surface area contributed by atoms with Crippen LogP contribution in [0.4, 0.5) is 5.69 Å². The summed E-state index contributed by atoms with van der Waals surface area (Å²) >= 11 is 0. The maximum atomic E-state index is 12.5. The average Bonchev–Trinajstić information content (AvgIpc) is 3.15. The highest BCUT2D eigenvalue weighted by Gasteiger charge is 2.33. The molecule has 8 nitrogen and oxygen atoms in total. The Labute approximate surface area is 188 Å². The van der Waals surface area contributed by atoms with E-state index in [4.69, 9.17) is 0 Å². The highest BCUT2D eigenvalue weighted by Crippen LogP contribution is 2.36. The minimum absolute atomic E-state index is 0.157. The maximum Gasteiger partial charge on any atom is 0.328 e. The van der Waals surface area contributed by atoms with Gasteiger partial charge in [0.05, 0.1) is 5.69 Å². The van der Waals surface area contributed by atoms with Crippen LogP contribution in [0.2, 0.25) is 0 Å². The fourth-order valence-corrected chi connectivity index (χ4v) is 4.10. The molecule has 0 saturated heterocycles. The molecule has 1 aliphatic carbocycles. The predicted molar refractivity (Wildman–Crippen MR) is 122 cm³/mol. The summed E-state index contributed by atoms with van der Waals surface area (Å²) in [6.45, 7) is 4.99. The van der Waals surface area contributed by atoms with Crippen LogP contribution in [0, 0.1) is 5.92 Å². The molecule has 3 rings (SSSR count). The Morgan fingerprint density at radius 2 is 1.75 bits per heavy atom. The summed E-state index contributed by atoms with van der Waals surface area (Å²) in [5.74, 6) is -1.23. The molecule has 2 aromatic rings. The number of carboxylic acid groups (broad SMARTS) is 1. The number of hydrogen-bond acceptors (Lipinski definition) is 4. The lowest BCUT2D eigenvalue weighted by Gasteiger charge is -2.30. The van der Waals surface area contributed by atoms with E-state index in [0.29, 0.717) is 11.6 Å². The Morgan fingerprint density at radius 3 is 2.28 bits per heavy atom. The first kappa shape index (κ1) is 23.5. The van der Waals surface area contributed by atoms with Crippen molar-refractivity contribution in [1.29, 1.82) is 0 Å². The molecule has 1 aliphatic rings. The summed E-state index contributed by atoms with van der Waals surface area (Å²) in [7, 11) is 1.76. The molecule has 0 bridgehead atoms. The van der Waals surface area contributed by atoms with Gasteiger partial charge in [-0.05, 0) is 75.6 Å². The standard InChI is InChI=1S/C24H32N4O4/c1-5-18-14-20(28(4)27-18)22(30)25-19-12-10-16(11-13-19)15-6-8-17(9-7-15)21(29)26-24(2,3)23(31)32/h10-15,17H,5-9H2,1-4H3,(H,25,30)(H,26,29)(H,31,32). The van der Waals surface area contributed by atoms with Gasteiger partial charge >= 0.3 is 5.97 Å². The first-order chi connectivity index (χ1) is 15.1. The van der Waals surface area contributed by atoms with E-state index in [1.54, 1.807) is 17.8 Å². The summed E-state index contributed by atoms with van der Waals surface area (Å²) in [5.41, 5.74) is 2.04. The lowest BCUT2D eigenvalue weighted by Crippen LogP contribution is -2.51. The number of aliphatic carboxylic acids is 1. The Hall–Kier alpha value is -3.16. The zero-order valence-electron chi connectivity index (χ0n) is 19.1. The summed E-state index contributed by atoms with van der Waals surface area (Å²) in [5, 5.41) is 19.1. The van der Waals surface area contributed by atoms with E-state index in [0.717, 1.165) is 43.5 Å². The Bertz CT molecular complexity index is 986. The number of carboxylic acids is 1. The van der Waals surface area contributed by atoms with Crippen molar-refractivity contribution in [3.8, 4) is 0 Å². The quantitative estimate of drug-likeness (QED) is 0.610. The number of aryl methyl sites for hydroxylation is 2. The zero-order valence-corrected chi connectivity index (χ0v) is 19.1. The third-order valence-electron chi connectivity index (χ3n) is 6.23. The van der Waals surface area contributed by atoms with E-state index < -0.39 is 11.5 Å². The Morgan fingerprint density at radius 1 is 1.12 bits per heavy atom. The topological polar surface area (TPSA) is 113 Å². The molecule has 1 aromatic carbocycles. The van der Waals surface area contributed by atoms with Crippen molar-refractivity contribution >= 4 is 23.5 Å². The summed E-state index contributed by atoms with van der Waals surface area (Å²) in [6, 6.07) is 9.65. The number of benzene rings is 1. The molecular formula is C24H32N4O4. The molecule has 1 heterocycles. The van der Waals surface area contributed by atoms with Gasteiger partial charge in [-0.3, -0.25) is 14.3 Å². The normalized spacial score (nSPS) is 18.8. The molecule has 0 spiro atoms. The van der Waals surface area contributed by atoms with Gasteiger partial charge in [0.2, 0.25) is 5.91 Å². The number of anilines is 1. The minimum Gasteiger partial charge on any atom is -0.480 e. The fraction of sp³-hybridized carbons (Fsp3) is 0.500. The molecule has 1 fully saturated rings. The molecule has 0 aliphatic heterocycles. The molecule has 1 saturated carbocycles. The largest absolute Gasteiger partial charge is 0.480 e. The molecule has 1 aromatic heterocycles. The van der Waals surface area contributed by atoms with E-state index in [2.05, 4.69) is 15.7 Å². The van der Waals surface area contributed by atoms with Crippen molar-refractivity contribution in [2.24, 2.45) is 13.0 Å². The van der Waals surface area contributed by atoms with Crippen LogP contribution in [-0.4, -0.2) is 38.2 Å². The van der Waals surface area contributed by atoms with Crippen LogP contribution in [0.1, 0.15) is 74.1 Å². The van der Waals surface area contributed by atoms with Gasteiger partial charge in [0.15, 0.2) is 0 Å². The number of carbonyl (C=O) groups is 3. The molecule has 8 heteroatoms. The number of carbonyl (C=O) groups excluding carboxylic acids is 2. The zero-order chi connectivity index (χ0) is 23.5. The minimum atomic E-state index is -1.26. The molecule has 0 atom stereocenters. The van der Waals surface area contributed by atoms with Crippen LogP contribution in [0.5, 0.6) is 0 Å². The predicted octanol–water partition coefficient (Wildman–Crippen LogP) is 3.49. The number of amides is 2. The maximum absolute atomic E-state index is 12.5. The van der Waals surface area contributed by atoms with Crippen LogP contribution >= 0.6 is 0 Å². The van der Waals surface area contributed by atoms with E-state index in [-0.39, 0.29) is 17.7 Å². The fourth-order valence-electron chi connectivity index (χ4n) is 4.10. The van der Waals surface area contributed by atoms with Crippen LogP contribution in [0.15, 0.2) is 30.3 Å². The molecule has 32 heavy (non-hydrogen) atoms. The smallest absolute Gasteiger partial charge is 0.328 e. The number of hydrogen-bond donors (Lipinski definition) is 3. The van der Waals surface area contributed by atoms with Crippen molar-refractivity contribution in [2.75, 3.05) is 5.32 Å². The second kappa shape index (κ2) is 9.54. The van der Waals surface area contributed by atoms with Gasteiger partial charge in [0, 0.05) is 18.7 Å². The van der Waals surface area contributed by atoms with Gasteiger partial charge in [-0.15, -0.1) is 0 Å². The molecular weight excluding hydrogens is 408 g/mol. The van der Waals surface area contributed by atoms with Gasteiger partial charge in [-0.25, -0.2) is 4.79 Å². The lowest BCUT2D eigenvalue weighted by molar-refractivity contribution is -0.146. The average molecular weight is 441 g/mol. The summed E-state index contributed by atoms with van der Waals surface area (Å²) in [4.78, 5) is 36.2.